The van der Waals surface area contributed by atoms with Gasteiger partial charge in [0, 0.05) is 17.4 Å². The Morgan fingerprint density at radius 3 is 2.32 bits per heavy atom. The van der Waals surface area contributed by atoms with Gasteiger partial charge in [-0.1, -0.05) is 5.16 Å². The molecule has 1 unspecified atom stereocenters. The van der Waals surface area contributed by atoms with Gasteiger partial charge < -0.3 is 9.84 Å². The Labute approximate surface area is 146 Å². The van der Waals surface area contributed by atoms with Gasteiger partial charge in [0.05, 0.1) is 11.5 Å². The van der Waals surface area contributed by atoms with Gasteiger partial charge in [0.15, 0.2) is 20.5 Å². The molecule has 1 atom stereocenters. The lowest BCUT2D eigenvalue weighted by Crippen LogP contribution is -2.20. The molecule has 2 N–H and O–H groups in total. The van der Waals surface area contributed by atoms with Crippen LogP contribution in [0.15, 0.2) is 33.7 Å². The van der Waals surface area contributed by atoms with Gasteiger partial charge in [0.25, 0.3) is 10.0 Å². The van der Waals surface area contributed by atoms with E-state index in [1.807, 2.05) is 0 Å². The minimum Gasteiger partial charge on any atom is -0.381 e. The number of nitrogens with one attached hydrogen (secondary N) is 2. The first-order chi connectivity index (χ1) is 11.7. The number of nitrogens with zero attached hydrogens (tertiary/aromatic N) is 1. The highest BCUT2D eigenvalue weighted by Gasteiger charge is 2.28. The van der Waals surface area contributed by atoms with Crippen molar-refractivity contribution in [1.82, 2.24) is 5.16 Å². The van der Waals surface area contributed by atoms with Crippen LogP contribution in [0.25, 0.3) is 0 Å². The Hall–Kier alpha value is -2.07. The fourth-order valence-corrected chi connectivity index (χ4v) is 5.91. The Balaban J connectivity index is 1.71. The number of anilines is 2. The van der Waals surface area contributed by atoms with Crippen LogP contribution < -0.4 is 10.0 Å². The van der Waals surface area contributed by atoms with Crippen molar-refractivity contribution in [2.75, 3.05) is 21.5 Å². The van der Waals surface area contributed by atoms with Gasteiger partial charge in [-0.2, -0.15) is 0 Å². The molecule has 2 aromatic rings. The fourth-order valence-electron chi connectivity index (χ4n) is 2.84. The predicted molar refractivity (Wildman–Crippen MR) is 93.9 cm³/mol. The van der Waals surface area contributed by atoms with E-state index in [4.69, 9.17) is 4.52 Å². The van der Waals surface area contributed by atoms with Crippen LogP contribution in [0, 0.1) is 13.8 Å². The maximum Gasteiger partial charge on any atom is 0.267 e. The van der Waals surface area contributed by atoms with E-state index >= 15 is 0 Å². The van der Waals surface area contributed by atoms with Crippen LogP contribution in [0.4, 0.5) is 11.4 Å². The van der Waals surface area contributed by atoms with E-state index in [1.54, 1.807) is 31.2 Å². The molecule has 25 heavy (non-hydrogen) atoms. The maximum atomic E-state index is 12.4. The van der Waals surface area contributed by atoms with Crippen LogP contribution in [-0.4, -0.2) is 39.5 Å². The lowest BCUT2D eigenvalue weighted by Gasteiger charge is -2.13. The Kier molecular flexibility index (Phi) is 4.50. The van der Waals surface area contributed by atoms with Gasteiger partial charge in [-0.05, 0) is 44.5 Å². The number of aromatic nitrogens is 1. The van der Waals surface area contributed by atoms with Crippen LogP contribution in [-0.2, 0) is 19.9 Å². The van der Waals surface area contributed by atoms with Gasteiger partial charge in [-0.25, -0.2) is 16.8 Å². The molecule has 8 nitrogen and oxygen atoms in total. The van der Waals surface area contributed by atoms with Crippen molar-refractivity contribution in [3.05, 3.63) is 35.7 Å². The van der Waals surface area contributed by atoms with Crippen LogP contribution in [0.3, 0.4) is 0 Å². The number of sulfonamides is 1. The third-order valence-corrected chi connectivity index (χ3v) is 7.37. The minimum atomic E-state index is -3.79. The number of hydrogen-bond acceptors (Lipinski definition) is 7. The summed E-state index contributed by atoms with van der Waals surface area (Å²) in [4.78, 5) is 0.0332. The lowest BCUT2D eigenvalue weighted by atomic mass is 10.2. The number of rotatable bonds is 5. The molecule has 1 aliphatic heterocycles. The SMILES string of the molecule is Cc1noc(C)c1S(=O)(=O)Nc1ccc(NC2CCS(=O)(=O)C2)cc1. The fraction of sp³-hybridized carbons (Fsp3) is 0.400. The molecule has 0 bridgehead atoms. The van der Waals surface area contributed by atoms with Crippen molar-refractivity contribution in [1.29, 1.82) is 0 Å². The van der Waals surface area contributed by atoms with Crippen molar-refractivity contribution in [2.24, 2.45) is 0 Å². The molecule has 1 aromatic heterocycles. The minimum absolute atomic E-state index is 0.0332. The highest BCUT2D eigenvalue weighted by atomic mass is 32.2. The summed E-state index contributed by atoms with van der Waals surface area (Å²) in [6.45, 7) is 3.10. The van der Waals surface area contributed by atoms with Gasteiger partial charge in [-0.3, -0.25) is 4.72 Å². The van der Waals surface area contributed by atoms with Crippen LogP contribution in [0.5, 0.6) is 0 Å². The molecular formula is C15H19N3O5S2. The molecule has 136 valence electrons. The van der Waals surface area contributed by atoms with E-state index < -0.39 is 19.9 Å². The Morgan fingerprint density at radius 2 is 1.80 bits per heavy atom. The second kappa shape index (κ2) is 6.34. The number of benzene rings is 1. The summed E-state index contributed by atoms with van der Waals surface area (Å²) in [5.41, 5.74) is 1.43. The van der Waals surface area contributed by atoms with E-state index in [1.165, 1.54) is 6.92 Å². The second-order valence-corrected chi connectivity index (χ2v) is 9.93. The zero-order valence-electron chi connectivity index (χ0n) is 13.8. The average Bonchev–Trinajstić information content (AvgIpc) is 3.03. The first-order valence-electron chi connectivity index (χ1n) is 7.69. The Bertz CT molecular complexity index is 959. The smallest absolute Gasteiger partial charge is 0.267 e. The van der Waals surface area contributed by atoms with Crippen LogP contribution in [0.2, 0.25) is 0 Å². The molecule has 0 amide bonds. The largest absolute Gasteiger partial charge is 0.381 e. The third kappa shape index (κ3) is 3.96. The molecule has 1 saturated heterocycles. The summed E-state index contributed by atoms with van der Waals surface area (Å²) in [5, 5.41) is 6.80. The monoisotopic (exact) mass is 385 g/mol. The number of aryl methyl sites for hydroxylation is 2. The second-order valence-electron chi connectivity index (χ2n) is 6.08. The Morgan fingerprint density at radius 1 is 1.16 bits per heavy atom. The summed E-state index contributed by atoms with van der Waals surface area (Å²) < 4.78 is 55.2. The number of hydrogen-bond donors (Lipinski definition) is 2. The van der Waals surface area contributed by atoms with E-state index in [2.05, 4.69) is 15.2 Å². The quantitative estimate of drug-likeness (QED) is 0.804. The van der Waals surface area contributed by atoms with Crippen LogP contribution >= 0.6 is 0 Å². The van der Waals surface area contributed by atoms with Gasteiger partial charge in [-0.15, -0.1) is 0 Å². The molecule has 0 radical (unpaired) electrons. The molecule has 3 rings (SSSR count). The molecule has 0 saturated carbocycles. The molecule has 2 heterocycles. The van der Waals surface area contributed by atoms with E-state index in [0.29, 0.717) is 17.8 Å². The maximum absolute atomic E-state index is 12.4. The molecular weight excluding hydrogens is 366 g/mol. The van der Waals surface area contributed by atoms with Gasteiger partial charge in [0.1, 0.15) is 5.69 Å². The zero-order chi connectivity index (χ0) is 18.2. The summed E-state index contributed by atoms with van der Waals surface area (Å²) in [7, 11) is -6.74. The van der Waals surface area contributed by atoms with Crippen molar-refractivity contribution < 1.29 is 21.4 Å². The summed E-state index contributed by atoms with van der Waals surface area (Å²) in [6.07, 6.45) is 0.572. The zero-order valence-corrected chi connectivity index (χ0v) is 15.4. The predicted octanol–water partition coefficient (Wildman–Crippen LogP) is 1.69. The first-order valence-corrected chi connectivity index (χ1v) is 11.0. The van der Waals surface area contributed by atoms with E-state index in [9.17, 15) is 16.8 Å². The molecule has 10 heteroatoms. The van der Waals surface area contributed by atoms with Gasteiger partial charge in [0.2, 0.25) is 0 Å². The van der Waals surface area contributed by atoms with Crippen molar-refractivity contribution in [3.8, 4) is 0 Å². The molecule has 1 fully saturated rings. The molecule has 1 aromatic carbocycles. The summed E-state index contributed by atoms with van der Waals surface area (Å²) in [5.74, 6) is 0.540. The van der Waals surface area contributed by atoms with Crippen molar-refractivity contribution >= 4 is 31.2 Å². The van der Waals surface area contributed by atoms with Gasteiger partial charge >= 0.3 is 0 Å². The topological polar surface area (TPSA) is 118 Å². The van der Waals surface area contributed by atoms with Crippen molar-refractivity contribution in [2.45, 2.75) is 31.2 Å². The first kappa shape index (κ1) is 17.7. The number of sulfone groups is 1. The van der Waals surface area contributed by atoms with E-state index in [0.717, 1.165) is 5.69 Å². The third-order valence-electron chi connectivity index (χ3n) is 3.98. The summed E-state index contributed by atoms with van der Waals surface area (Å²) >= 11 is 0. The molecule has 0 spiro atoms. The summed E-state index contributed by atoms with van der Waals surface area (Å²) in [6, 6.07) is 6.52. The molecule has 1 aliphatic rings. The average molecular weight is 385 g/mol. The standard InChI is InChI=1S/C15H19N3O5S2/c1-10-15(11(2)23-17-10)25(21,22)18-13-5-3-12(4-6-13)16-14-7-8-24(19,20)9-14/h3-6,14,16,18H,7-9H2,1-2H3. The van der Waals surface area contributed by atoms with Crippen LogP contribution in [0.1, 0.15) is 17.9 Å². The van der Waals surface area contributed by atoms with E-state index in [-0.39, 0.29) is 28.2 Å². The van der Waals surface area contributed by atoms with Crippen molar-refractivity contribution in [3.63, 3.8) is 0 Å². The normalized spacial score (nSPS) is 19.7. The highest BCUT2D eigenvalue weighted by molar-refractivity contribution is 7.92. The highest BCUT2D eigenvalue weighted by Crippen LogP contribution is 2.24. The lowest BCUT2D eigenvalue weighted by molar-refractivity contribution is 0.390. The molecule has 0 aliphatic carbocycles.